The van der Waals surface area contributed by atoms with E-state index in [4.69, 9.17) is 0 Å². The number of rotatable bonds is 11. The summed E-state index contributed by atoms with van der Waals surface area (Å²) < 4.78 is 0. The van der Waals surface area contributed by atoms with Crippen molar-refractivity contribution in [1.29, 1.82) is 0 Å². The van der Waals surface area contributed by atoms with Crippen LogP contribution < -0.4 is 0 Å². The molecular weight excluding hydrogens is 360 g/mol. The second kappa shape index (κ2) is 11.3. The fourth-order valence-electron chi connectivity index (χ4n) is 4.14. The fraction of sp³-hybridized carbons (Fsp3) is 0.467. The van der Waals surface area contributed by atoms with Crippen LogP contribution >= 0.6 is 0 Å². The quantitative estimate of drug-likeness (QED) is 0.329. The minimum absolute atomic E-state index is 0.331. The van der Waals surface area contributed by atoms with Gasteiger partial charge in [0.2, 0.25) is 0 Å². The molecule has 0 fully saturated rings. The molecule has 0 amide bonds. The number of benzene rings is 2. The van der Waals surface area contributed by atoms with Gasteiger partial charge < -0.3 is 0 Å². The van der Waals surface area contributed by atoms with Crippen LogP contribution in [-0.2, 0) is 0 Å². The Hall–Kier alpha value is -2.08. The van der Waals surface area contributed by atoms with E-state index in [2.05, 4.69) is 103 Å². The molecule has 0 heterocycles. The van der Waals surface area contributed by atoms with E-state index in [-0.39, 0.29) is 0 Å². The molecule has 0 nitrogen and oxygen atoms in total. The van der Waals surface area contributed by atoms with Gasteiger partial charge in [-0.2, -0.15) is 0 Å². The largest absolute Gasteiger partial charge is 0.0949 e. The van der Waals surface area contributed by atoms with Crippen molar-refractivity contribution in [2.24, 2.45) is 11.8 Å². The summed E-state index contributed by atoms with van der Waals surface area (Å²) >= 11 is 0. The predicted molar refractivity (Wildman–Crippen MR) is 134 cm³/mol. The third-order valence-electron chi connectivity index (χ3n) is 6.88. The van der Waals surface area contributed by atoms with Gasteiger partial charge in [0.15, 0.2) is 0 Å². The van der Waals surface area contributed by atoms with Crippen molar-refractivity contribution in [3.05, 3.63) is 95.1 Å². The molecule has 4 atom stereocenters. The summed E-state index contributed by atoms with van der Waals surface area (Å²) in [7, 11) is 0. The lowest BCUT2D eigenvalue weighted by Gasteiger charge is -2.30. The maximum absolute atomic E-state index is 4.64. The highest BCUT2D eigenvalue weighted by molar-refractivity contribution is 5.45. The zero-order valence-electron chi connectivity index (χ0n) is 20.2. The average Bonchev–Trinajstić information content (AvgIpc) is 2.75. The molecule has 0 aliphatic heterocycles. The Morgan fingerprint density at radius 3 is 1.20 bits per heavy atom. The Labute approximate surface area is 186 Å². The Morgan fingerprint density at radius 2 is 0.933 bits per heavy atom. The molecule has 0 N–H and O–H groups in total. The Kier molecular flexibility index (Phi) is 9.15. The van der Waals surface area contributed by atoms with Gasteiger partial charge in [-0.15, -0.1) is 0 Å². The van der Waals surface area contributed by atoms with Gasteiger partial charge in [0, 0.05) is 11.8 Å². The standard InChI is InChI=1S/C30H42/c1-9-21(3)19-29(27-15-11-23(5)12-16-27)25(7)26(8)30(20-22(4)10-2)28-17-13-24(6)14-18-28/h11-18,21-22,29-30H,7-10,19-20H2,1-6H3. The van der Waals surface area contributed by atoms with Crippen LogP contribution in [-0.4, -0.2) is 0 Å². The van der Waals surface area contributed by atoms with E-state index in [0.717, 1.165) is 12.8 Å². The summed E-state index contributed by atoms with van der Waals surface area (Å²) in [6.45, 7) is 22.9. The summed E-state index contributed by atoms with van der Waals surface area (Å²) in [5, 5.41) is 0. The molecular formula is C30H42. The highest BCUT2D eigenvalue weighted by atomic mass is 14.3. The number of hydrogen-bond donors (Lipinski definition) is 0. The number of aryl methyl sites for hydroxylation is 2. The van der Waals surface area contributed by atoms with Crippen LogP contribution in [0.3, 0.4) is 0 Å². The smallest absolute Gasteiger partial charge is 0.00887 e. The number of allylic oxidation sites excluding steroid dienone is 2. The monoisotopic (exact) mass is 402 g/mol. The topological polar surface area (TPSA) is 0 Å². The predicted octanol–water partition coefficient (Wildman–Crippen LogP) is 9.16. The van der Waals surface area contributed by atoms with Crippen LogP contribution in [0.1, 0.15) is 87.5 Å². The van der Waals surface area contributed by atoms with Gasteiger partial charge in [-0.3, -0.25) is 0 Å². The molecule has 2 rings (SSSR count). The molecule has 4 unspecified atom stereocenters. The van der Waals surface area contributed by atoms with Gasteiger partial charge >= 0.3 is 0 Å². The van der Waals surface area contributed by atoms with E-state index in [1.807, 2.05) is 0 Å². The SMILES string of the molecule is C=C(C(=C)C(CC(C)CC)c1ccc(C)cc1)C(CC(C)CC)c1ccc(C)cc1. The van der Waals surface area contributed by atoms with Crippen LogP contribution in [0.15, 0.2) is 72.8 Å². The zero-order valence-corrected chi connectivity index (χ0v) is 20.2. The van der Waals surface area contributed by atoms with Crippen LogP contribution in [0, 0.1) is 25.7 Å². The van der Waals surface area contributed by atoms with Gasteiger partial charge in [-0.25, -0.2) is 0 Å². The van der Waals surface area contributed by atoms with Gasteiger partial charge in [0.1, 0.15) is 0 Å². The first kappa shape index (κ1) is 24.2. The fourth-order valence-corrected chi connectivity index (χ4v) is 4.14. The molecule has 2 aromatic carbocycles. The minimum Gasteiger partial charge on any atom is -0.0949 e. The molecule has 2 aromatic rings. The molecule has 0 bridgehead atoms. The van der Waals surface area contributed by atoms with Crippen molar-refractivity contribution in [3.8, 4) is 0 Å². The van der Waals surface area contributed by atoms with E-state index >= 15 is 0 Å². The molecule has 0 aromatic heterocycles. The summed E-state index contributed by atoms with van der Waals surface area (Å²) in [5.74, 6) is 1.98. The maximum atomic E-state index is 4.64. The normalized spacial score (nSPS) is 15.3. The van der Waals surface area contributed by atoms with Gasteiger partial charge in [0.05, 0.1) is 0 Å². The van der Waals surface area contributed by atoms with Crippen molar-refractivity contribution in [2.45, 2.75) is 79.1 Å². The Balaban J connectivity index is 2.39. The van der Waals surface area contributed by atoms with Crippen molar-refractivity contribution >= 4 is 0 Å². The zero-order chi connectivity index (χ0) is 22.3. The lowest BCUT2D eigenvalue weighted by atomic mass is 9.74. The molecule has 0 heteroatoms. The average molecular weight is 403 g/mol. The minimum atomic E-state index is 0.331. The second-order valence-electron chi connectivity index (χ2n) is 9.48. The van der Waals surface area contributed by atoms with Crippen LogP contribution in [0.4, 0.5) is 0 Å². The first-order valence-corrected chi connectivity index (χ1v) is 11.8. The molecule has 0 saturated carbocycles. The van der Waals surface area contributed by atoms with E-state index in [9.17, 15) is 0 Å². The molecule has 162 valence electrons. The van der Waals surface area contributed by atoms with E-state index < -0.39 is 0 Å². The van der Waals surface area contributed by atoms with Gasteiger partial charge in [0.25, 0.3) is 0 Å². The second-order valence-corrected chi connectivity index (χ2v) is 9.48. The molecule has 0 aliphatic carbocycles. The van der Waals surface area contributed by atoms with Crippen molar-refractivity contribution in [2.75, 3.05) is 0 Å². The van der Waals surface area contributed by atoms with Crippen molar-refractivity contribution in [3.63, 3.8) is 0 Å². The van der Waals surface area contributed by atoms with E-state index in [1.165, 1.54) is 46.2 Å². The summed E-state index contributed by atoms with van der Waals surface area (Å²) in [6, 6.07) is 18.1. The molecule has 30 heavy (non-hydrogen) atoms. The molecule has 0 aliphatic rings. The third-order valence-corrected chi connectivity index (χ3v) is 6.88. The molecule has 0 spiro atoms. The molecule has 0 radical (unpaired) electrons. The Bertz CT molecular complexity index is 735. The Morgan fingerprint density at radius 1 is 0.633 bits per heavy atom. The maximum Gasteiger partial charge on any atom is 0.00887 e. The third kappa shape index (κ3) is 6.46. The van der Waals surface area contributed by atoms with E-state index in [0.29, 0.717) is 23.7 Å². The first-order valence-electron chi connectivity index (χ1n) is 11.8. The van der Waals surface area contributed by atoms with Crippen molar-refractivity contribution in [1.82, 2.24) is 0 Å². The highest BCUT2D eigenvalue weighted by Gasteiger charge is 2.26. The van der Waals surface area contributed by atoms with E-state index in [1.54, 1.807) is 0 Å². The summed E-state index contributed by atoms with van der Waals surface area (Å²) in [4.78, 5) is 0. The van der Waals surface area contributed by atoms with Crippen LogP contribution in [0.25, 0.3) is 0 Å². The van der Waals surface area contributed by atoms with Crippen molar-refractivity contribution < 1.29 is 0 Å². The number of hydrogen-bond acceptors (Lipinski definition) is 0. The first-order chi connectivity index (χ1) is 14.3. The lowest BCUT2D eigenvalue weighted by molar-refractivity contribution is 0.465. The highest BCUT2D eigenvalue weighted by Crippen LogP contribution is 2.42. The molecule has 0 saturated heterocycles. The van der Waals surface area contributed by atoms with Crippen LogP contribution in [0.2, 0.25) is 0 Å². The lowest BCUT2D eigenvalue weighted by Crippen LogP contribution is -2.14. The van der Waals surface area contributed by atoms with Gasteiger partial charge in [-0.1, -0.05) is 113 Å². The van der Waals surface area contributed by atoms with Crippen LogP contribution in [0.5, 0.6) is 0 Å². The van der Waals surface area contributed by atoms with Gasteiger partial charge in [-0.05, 0) is 60.8 Å². The summed E-state index contributed by atoms with van der Waals surface area (Å²) in [5.41, 5.74) is 7.79. The summed E-state index contributed by atoms with van der Waals surface area (Å²) in [6.07, 6.45) is 4.63.